The molecular weight excluding hydrogens is 250 g/mol. The number of fused-ring (bicyclic) bond motifs is 1. The van der Waals surface area contributed by atoms with E-state index in [4.69, 9.17) is 4.74 Å². The van der Waals surface area contributed by atoms with Gasteiger partial charge in [0, 0.05) is 13.1 Å². The van der Waals surface area contributed by atoms with Crippen LogP contribution < -0.4 is 0 Å². The maximum Gasteiger partial charge on any atom is 0.410 e. The van der Waals surface area contributed by atoms with E-state index in [1.807, 2.05) is 20.8 Å². The third kappa shape index (κ3) is 3.75. The van der Waals surface area contributed by atoms with Crippen LogP contribution in [0, 0.1) is 5.92 Å². The Morgan fingerprint density at radius 2 is 1.90 bits per heavy atom. The van der Waals surface area contributed by atoms with E-state index in [2.05, 4.69) is 32.0 Å². The van der Waals surface area contributed by atoms with Crippen molar-refractivity contribution in [2.45, 2.75) is 59.7 Å². The van der Waals surface area contributed by atoms with Gasteiger partial charge in [-0.2, -0.15) is 0 Å². The molecule has 3 nitrogen and oxygen atoms in total. The summed E-state index contributed by atoms with van der Waals surface area (Å²) in [5, 5.41) is 0. The quantitative estimate of drug-likeness (QED) is 0.812. The Morgan fingerprint density at radius 3 is 2.50 bits per heavy atom. The number of carbonyl (C=O) groups excluding carboxylic acids is 1. The number of hydrogen-bond donors (Lipinski definition) is 0. The van der Waals surface area contributed by atoms with Gasteiger partial charge in [-0.05, 0) is 49.8 Å². The summed E-state index contributed by atoms with van der Waals surface area (Å²) in [6, 6.07) is 6.56. The highest BCUT2D eigenvalue weighted by atomic mass is 16.6. The van der Waals surface area contributed by atoms with E-state index in [1.54, 1.807) is 4.90 Å². The van der Waals surface area contributed by atoms with Gasteiger partial charge in [0.25, 0.3) is 0 Å². The summed E-state index contributed by atoms with van der Waals surface area (Å²) in [6.45, 7) is 11.5. The molecule has 0 saturated heterocycles. The molecule has 0 radical (unpaired) electrons. The molecule has 0 aromatic heterocycles. The largest absolute Gasteiger partial charge is 0.444 e. The van der Waals surface area contributed by atoms with Crippen molar-refractivity contribution in [3.05, 3.63) is 34.9 Å². The van der Waals surface area contributed by atoms with Crippen LogP contribution in [0.5, 0.6) is 0 Å². The maximum absolute atomic E-state index is 12.1. The second-order valence-electron chi connectivity index (χ2n) is 7.04. The van der Waals surface area contributed by atoms with Crippen LogP contribution in [0.1, 0.15) is 51.3 Å². The average molecular weight is 275 g/mol. The minimum atomic E-state index is -0.436. The first-order valence-electron chi connectivity index (χ1n) is 7.33. The van der Waals surface area contributed by atoms with Gasteiger partial charge in [0.05, 0.1) is 0 Å². The van der Waals surface area contributed by atoms with Gasteiger partial charge >= 0.3 is 6.09 Å². The number of ether oxygens (including phenoxy) is 1. The Kier molecular flexibility index (Phi) is 4.07. The second kappa shape index (κ2) is 5.47. The summed E-state index contributed by atoms with van der Waals surface area (Å²) in [7, 11) is 0. The molecule has 0 saturated carbocycles. The van der Waals surface area contributed by atoms with Crippen molar-refractivity contribution in [3.63, 3.8) is 0 Å². The van der Waals surface area contributed by atoms with Crippen molar-refractivity contribution in [1.29, 1.82) is 0 Å². The first kappa shape index (κ1) is 14.9. The number of carbonyl (C=O) groups is 1. The molecule has 3 heteroatoms. The Balaban J connectivity index is 2.05. The Bertz CT molecular complexity index is 500. The molecule has 1 amide bonds. The molecule has 2 rings (SSSR count). The van der Waals surface area contributed by atoms with E-state index < -0.39 is 5.60 Å². The van der Waals surface area contributed by atoms with Crippen LogP contribution >= 0.6 is 0 Å². The average Bonchev–Trinajstić information content (AvgIpc) is 2.68. The molecule has 1 aromatic rings. The molecule has 110 valence electrons. The van der Waals surface area contributed by atoms with Gasteiger partial charge in [-0.3, -0.25) is 4.90 Å². The zero-order chi connectivity index (χ0) is 14.9. The highest BCUT2D eigenvalue weighted by Gasteiger charge is 2.27. The number of amides is 1. The standard InChI is InChI=1S/C17H25NO2/c1-12(2)8-13-6-7-14-10-18(11-15(14)9-13)16(19)20-17(3,4)5/h6-7,9,12H,8,10-11H2,1-5H3. The van der Waals surface area contributed by atoms with Gasteiger partial charge < -0.3 is 4.74 Å². The summed E-state index contributed by atoms with van der Waals surface area (Å²) in [6.07, 6.45) is 0.860. The summed E-state index contributed by atoms with van der Waals surface area (Å²) >= 11 is 0. The molecule has 0 atom stereocenters. The molecule has 0 unspecified atom stereocenters. The molecule has 1 aliphatic heterocycles. The summed E-state index contributed by atoms with van der Waals surface area (Å²) in [5.74, 6) is 0.649. The van der Waals surface area contributed by atoms with E-state index in [-0.39, 0.29) is 6.09 Å². The topological polar surface area (TPSA) is 29.5 Å². The molecule has 0 N–H and O–H groups in total. The molecule has 0 aliphatic carbocycles. The number of rotatable bonds is 2. The molecule has 0 spiro atoms. The highest BCUT2D eigenvalue weighted by Crippen LogP contribution is 2.26. The Morgan fingerprint density at radius 1 is 1.25 bits per heavy atom. The van der Waals surface area contributed by atoms with Crippen LogP contribution in [-0.4, -0.2) is 16.6 Å². The normalized spacial score (nSPS) is 14.6. The lowest BCUT2D eigenvalue weighted by atomic mass is 9.99. The van der Waals surface area contributed by atoms with Crippen LogP contribution in [0.25, 0.3) is 0 Å². The smallest absolute Gasteiger partial charge is 0.410 e. The van der Waals surface area contributed by atoms with Gasteiger partial charge in [0.1, 0.15) is 5.60 Å². The van der Waals surface area contributed by atoms with Gasteiger partial charge in [-0.25, -0.2) is 4.79 Å². The highest BCUT2D eigenvalue weighted by molar-refractivity contribution is 5.69. The molecular formula is C17H25NO2. The van der Waals surface area contributed by atoms with Crippen molar-refractivity contribution < 1.29 is 9.53 Å². The van der Waals surface area contributed by atoms with Crippen LogP contribution in [0.3, 0.4) is 0 Å². The first-order valence-corrected chi connectivity index (χ1v) is 7.33. The van der Waals surface area contributed by atoms with E-state index >= 15 is 0 Å². The maximum atomic E-state index is 12.1. The lowest BCUT2D eigenvalue weighted by Crippen LogP contribution is -2.33. The Hall–Kier alpha value is -1.51. The van der Waals surface area contributed by atoms with E-state index in [1.165, 1.54) is 16.7 Å². The minimum Gasteiger partial charge on any atom is -0.444 e. The van der Waals surface area contributed by atoms with Gasteiger partial charge in [-0.1, -0.05) is 32.0 Å². The summed E-state index contributed by atoms with van der Waals surface area (Å²) in [5.41, 5.74) is 3.41. The van der Waals surface area contributed by atoms with E-state index in [0.717, 1.165) is 6.42 Å². The van der Waals surface area contributed by atoms with Crippen molar-refractivity contribution in [2.24, 2.45) is 5.92 Å². The first-order chi connectivity index (χ1) is 9.24. The summed E-state index contributed by atoms with van der Waals surface area (Å²) in [4.78, 5) is 13.9. The van der Waals surface area contributed by atoms with Gasteiger partial charge in [0.15, 0.2) is 0 Å². The monoisotopic (exact) mass is 275 g/mol. The predicted octanol–water partition coefficient (Wildman–Crippen LogP) is 4.14. The van der Waals surface area contributed by atoms with Crippen molar-refractivity contribution in [1.82, 2.24) is 4.90 Å². The SMILES string of the molecule is CC(C)Cc1ccc2c(c1)CN(C(=O)OC(C)(C)C)C2. The lowest BCUT2D eigenvalue weighted by molar-refractivity contribution is 0.0242. The fraction of sp³-hybridized carbons (Fsp3) is 0.588. The fourth-order valence-corrected chi connectivity index (χ4v) is 2.50. The number of nitrogens with zero attached hydrogens (tertiary/aromatic N) is 1. The fourth-order valence-electron chi connectivity index (χ4n) is 2.50. The predicted molar refractivity (Wildman–Crippen MR) is 80.5 cm³/mol. The molecule has 0 bridgehead atoms. The molecule has 20 heavy (non-hydrogen) atoms. The second-order valence-corrected chi connectivity index (χ2v) is 7.04. The summed E-state index contributed by atoms with van der Waals surface area (Å²) < 4.78 is 5.43. The van der Waals surface area contributed by atoms with Crippen molar-refractivity contribution in [2.75, 3.05) is 0 Å². The van der Waals surface area contributed by atoms with E-state index in [0.29, 0.717) is 19.0 Å². The zero-order valence-electron chi connectivity index (χ0n) is 13.2. The van der Waals surface area contributed by atoms with Crippen LogP contribution in [0.4, 0.5) is 4.79 Å². The molecule has 1 heterocycles. The van der Waals surface area contributed by atoms with Crippen LogP contribution in [0.2, 0.25) is 0 Å². The van der Waals surface area contributed by atoms with Crippen molar-refractivity contribution >= 4 is 6.09 Å². The number of hydrogen-bond acceptors (Lipinski definition) is 2. The van der Waals surface area contributed by atoms with Crippen molar-refractivity contribution in [3.8, 4) is 0 Å². The van der Waals surface area contributed by atoms with Gasteiger partial charge in [-0.15, -0.1) is 0 Å². The van der Waals surface area contributed by atoms with Crippen LogP contribution in [-0.2, 0) is 24.2 Å². The molecule has 0 fully saturated rings. The molecule has 1 aliphatic rings. The zero-order valence-corrected chi connectivity index (χ0v) is 13.2. The lowest BCUT2D eigenvalue weighted by Gasteiger charge is -2.24. The van der Waals surface area contributed by atoms with E-state index in [9.17, 15) is 4.79 Å². The minimum absolute atomic E-state index is 0.223. The molecule has 1 aromatic carbocycles. The number of benzene rings is 1. The Labute approximate surface area is 121 Å². The van der Waals surface area contributed by atoms with Gasteiger partial charge in [0.2, 0.25) is 0 Å². The van der Waals surface area contributed by atoms with Crippen LogP contribution in [0.15, 0.2) is 18.2 Å². The third-order valence-corrected chi connectivity index (χ3v) is 3.29. The third-order valence-electron chi connectivity index (χ3n) is 3.29.